The molecule has 0 saturated carbocycles. The van der Waals surface area contributed by atoms with Crippen molar-refractivity contribution in [3.63, 3.8) is 0 Å². The number of esters is 1. The van der Waals surface area contributed by atoms with Crippen LogP contribution >= 0.6 is 0 Å². The van der Waals surface area contributed by atoms with Crippen LogP contribution in [0.3, 0.4) is 0 Å². The van der Waals surface area contributed by atoms with E-state index in [4.69, 9.17) is 14.9 Å². The summed E-state index contributed by atoms with van der Waals surface area (Å²) in [6.45, 7) is 4.71. The quantitative estimate of drug-likeness (QED) is 0.174. The zero-order valence-corrected chi connectivity index (χ0v) is 20.1. The van der Waals surface area contributed by atoms with Gasteiger partial charge in [-0.25, -0.2) is 14.2 Å². The summed E-state index contributed by atoms with van der Waals surface area (Å²) < 4.78 is 25.0. The predicted molar refractivity (Wildman–Crippen MR) is 134 cm³/mol. The van der Waals surface area contributed by atoms with Gasteiger partial charge in [0, 0.05) is 38.8 Å². The van der Waals surface area contributed by atoms with Crippen LogP contribution in [0.5, 0.6) is 0 Å². The van der Waals surface area contributed by atoms with Crippen LogP contribution in [0.15, 0.2) is 36.5 Å². The molecule has 11 nitrogen and oxygen atoms in total. The summed E-state index contributed by atoms with van der Waals surface area (Å²) in [5.74, 6) is -0.615. The van der Waals surface area contributed by atoms with Gasteiger partial charge in [0.1, 0.15) is 17.7 Å². The minimum atomic E-state index is -0.605. The van der Waals surface area contributed by atoms with Gasteiger partial charge in [0.15, 0.2) is 0 Å². The SMILES string of the molecule is CCOC(=O)CNCCN(C=N)c1ccc(-c2ccc(N3C[C@H](CNC(C)=O)OC3=O)cc2F)cn1.[HH]. The van der Waals surface area contributed by atoms with E-state index >= 15 is 0 Å². The zero-order valence-electron chi connectivity index (χ0n) is 20.1. The van der Waals surface area contributed by atoms with E-state index < -0.39 is 18.0 Å². The lowest BCUT2D eigenvalue weighted by Crippen LogP contribution is -2.34. The van der Waals surface area contributed by atoms with E-state index in [1.54, 1.807) is 36.1 Å². The molecule has 0 spiro atoms. The molecule has 1 aromatic heterocycles. The van der Waals surface area contributed by atoms with Crippen molar-refractivity contribution < 1.29 is 29.7 Å². The van der Waals surface area contributed by atoms with Crippen molar-refractivity contribution in [2.24, 2.45) is 0 Å². The van der Waals surface area contributed by atoms with Gasteiger partial charge in [-0.1, -0.05) is 0 Å². The zero-order chi connectivity index (χ0) is 26.1. The molecule has 1 aliphatic heterocycles. The standard InChI is InChI=1S/C24H29FN6O5.H2/c1-3-35-23(33)13-27-8-9-30(15-26)22-7-4-17(11-29-22)20-6-5-18(10-21(20)25)31-14-19(36-24(31)34)12-28-16(2)32;/h4-7,10-11,15,19,26-27H,3,8-9,12-14H2,1-2H3,(H,28,32);1H/t19-;/m0./s1. The largest absolute Gasteiger partial charge is 0.465 e. The maximum absolute atomic E-state index is 15.0. The Morgan fingerprint density at radius 3 is 2.83 bits per heavy atom. The van der Waals surface area contributed by atoms with Crippen LogP contribution in [-0.2, 0) is 19.1 Å². The molecule has 1 saturated heterocycles. The molecule has 2 heterocycles. The third kappa shape index (κ3) is 6.98. The number of halogens is 1. The predicted octanol–water partition coefficient (Wildman–Crippen LogP) is 2.16. The Morgan fingerprint density at radius 2 is 2.19 bits per heavy atom. The lowest BCUT2D eigenvalue weighted by molar-refractivity contribution is -0.142. The second-order valence-electron chi connectivity index (χ2n) is 7.93. The van der Waals surface area contributed by atoms with E-state index in [9.17, 15) is 18.8 Å². The van der Waals surface area contributed by atoms with E-state index in [-0.39, 0.29) is 32.9 Å². The number of rotatable bonds is 12. The highest BCUT2D eigenvalue weighted by molar-refractivity contribution is 5.90. The van der Waals surface area contributed by atoms with Crippen LogP contribution in [0.1, 0.15) is 15.3 Å². The van der Waals surface area contributed by atoms with E-state index in [1.165, 1.54) is 24.1 Å². The second-order valence-corrected chi connectivity index (χ2v) is 7.93. The molecule has 1 atom stereocenters. The number of carbonyl (C=O) groups excluding carboxylic acids is 3. The van der Waals surface area contributed by atoms with Crippen molar-refractivity contribution in [1.29, 1.82) is 5.41 Å². The molecule has 12 heteroatoms. The van der Waals surface area contributed by atoms with E-state index in [1.807, 2.05) is 0 Å². The number of cyclic esters (lactones) is 1. The van der Waals surface area contributed by atoms with E-state index in [0.717, 1.165) is 6.34 Å². The van der Waals surface area contributed by atoms with Crippen molar-refractivity contribution in [3.8, 4) is 11.1 Å². The lowest BCUT2D eigenvalue weighted by atomic mass is 10.1. The molecular formula is C24H31FN6O5. The topological polar surface area (TPSA) is 137 Å². The van der Waals surface area contributed by atoms with Crippen LogP contribution in [0.4, 0.5) is 20.7 Å². The van der Waals surface area contributed by atoms with Gasteiger partial charge in [-0.3, -0.25) is 19.9 Å². The first-order chi connectivity index (χ1) is 17.3. The molecule has 0 aliphatic carbocycles. The van der Waals surface area contributed by atoms with E-state index in [2.05, 4.69) is 15.6 Å². The summed E-state index contributed by atoms with van der Waals surface area (Å²) >= 11 is 0. The van der Waals surface area contributed by atoms with Gasteiger partial charge in [0.05, 0.1) is 38.3 Å². The Labute approximate surface area is 209 Å². The number of pyridine rings is 1. The fourth-order valence-electron chi connectivity index (χ4n) is 3.56. The van der Waals surface area contributed by atoms with Crippen LogP contribution in [-0.4, -0.2) is 74.7 Å². The molecule has 1 fully saturated rings. The number of carbonyl (C=O) groups is 3. The molecule has 0 unspecified atom stereocenters. The molecular weight excluding hydrogens is 471 g/mol. The molecule has 0 radical (unpaired) electrons. The smallest absolute Gasteiger partial charge is 0.414 e. The van der Waals surface area contributed by atoms with Crippen molar-refractivity contribution in [2.75, 3.05) is 49.1 Å². The first-order valence-electron chi connectivity index (χ1n) is 11.4. The molecule has 2 aromatic rings. The number of nitrogens with zero attached hydrogens (tertiary/aromatic N) is 3. The first-order valence-corrected chi connectivity index (χ1v) is 11.4. The van der Waals surface area contributed by atoms with Crippen LogP contribution in [0.25, 0.3) is 11.1 Å². The summed E-state index contributed by atoms with van der Waals surface area (Å²) in [5, 5.41) is 13.2. The normalized spacial score (nSPS) is 14.8. The van der Waals surface area contributed by atoms with Crippen molar-refractivity contribution in [3.05, 3.63) is 42.3 Å². The Morgan fingerprint density at radius 1 is 1.39 bits per heavy atom. The fourth-order valence-corrected chi connectivity index (χ4v) is 3.56. The average molecular weight is 503 g/mol. The van der Waals surface area contributed by atoms with Crippen LogP contribution < -0.4 is 20.4 Å². The number of hydrogen-bond acceptors (Lipinski definition) is 8. The average Bonchev–Trinajstić information content (AvgIpc) is 3.23. The first kappa shape index (κ1) is 26.5. The van der Waals surface area contributed by atoms with Gasteiger partial charge >= 0.3 is 12.1 Å². The third-order valence-corrected chi connectivity index (χ3v) is 5.33. The number of hydrogen-bond donors (Lipinski definition) is 3. The number of ether oxygens (including phenoxy) is 2. The summed E-state index contributed by atoms with van der Waals surface area (Å²) in [4.78, 5) is 41.9. The summed E-state index contributed by atoms with van der Waals surface area (Å²) in [6.07, 6.45) is 1.51. The molecule has 3 rings (SSSR count). The minimum absolute atomic E-state index is 0. The Hall–Kier alpha value is -4.06. The molecule has 1 aromatic carbocycles. The highest BCUT2D eigenvalue weighted by Crippen LogP contribution is 2.29. The van der Waals surface area contributed by atoms with Gasteiger partial charge in [0.25, 0.3) is 0 Å². The maximum Gasteiger partial charge on any atom is 0.414 e. The monoisotopic (exact) mass is 502 g/mol. The van der Waals surface area contributed by atoms with Crippen LogP contribution in [0.2, 0.25) is 0 Å². The number of benzene rings is 1. The highest BCUT2D eigenvalue weighted by atomic mass is 19.1. The van der Waals surface area contributed by atoms with Gasteiger partial charge in [-0.15, -0.1) is 0 Å². The molecule has 0 bridgehead atoms. The van der Waals surface area contributed by atoms with Crippen molar-refractivity contribution in [2.45, 2.75) is 20.0 Å². The molecule has 194 valence electrons. The van der Waals surface area contributed by atoms with Crippen molar-refractivity contribution in [1.82, 2.24) is 15.6 Å². The van der Waals surface area contributed by atoms with E-state index in [0.29, 0.717) is 42.3 Å². The Kier molecular flexibility index (Phi) is 9.28. The molecule has 3 N–H and O–H groups in total. The van der Waals surface area contributed by atoms with Gasteiger partial charge in [-0.05, 0) is 37.3 Å². The summed E-state index contributed by atoms with van der Waals surface area (Å²) in [5.41, 5.74) is 1.18. The minimum Gasteiger partial charge on any atom is -0.465 e. The van der Waals surface area contributed by atoms with Crippen LogP contribution in [0, 0.1) is 11.2 Å². The fraction of sp³-hybridized carbons (Fsp3) is 0.375. The van der Waals surface area contributed by atoms with Gasteiger partial charge in [0.2, 0.25) is 5.91 Å². The van der Waals surface area contributed by atoms with Crippen molar-refractivity contribution >= 4 is 35.8 Å². The summed E-state index contributed by atoms with van der Waals surface area (Å²) in [6, 6.07) is 7.79. The number of aromatic nitrogens is 1. The second kappa shape index (κ2) is 12.6. The number of amides is 2. The molecule has 2 amide bonds. The Bertz CT molecular complexity index is 1100. The molecule has 36 heavy (non-hydrogen) atoms. The molecule has 1 aliphatic rings. The van der Waals surface area contributed by atoms with Gasteiger partial charge < -0.3 is 25.0 Å². The Balaban J connectivity index is 0.00000481. The summed E-state index contributed by atoms with van der Waals surface area (Å²) in [7, 11) is 0. The van der Waals surface area contributed by atoms with Gasteiger partial charge in [-0.2, -0.15) is 0 Å². The third-order valence-electron chi connectivity index (χ3n) is 5.33. The number of nitrogens with one attached hydrogen (secondary N) is 3. The lowest BCUT2D eigenvalue weighted by Gasteiger charge is -2.18. The maximum atomic E-state index is 15.0. The highest BCUT2D eigenvalue weighted by Gasteiger charge is 2.32. The number of anilines is 2.